The average Bonchev–Trinajstić information content (AvgIpc) is 1.97. The van der Waals surface area contributed by atoms with Gasteiger partial charge in [-0.15, -0.1) is 0 Å². The van der Waals surface area contributed by atoms with E-state index in [1.54, 1.807) is 6.08 Å². The fourth-order valence-corrected chi connectivity index (χ4v) is 0.825. The van der Waals surface area contributed by atoms with Gasteiger partial charge in [-0.1, -0.05) is 32.3 Å². The van der Waals surface area contributed by atoms with Crippen LogP contribution in [0.5, 0.6) is 0 Å². The first-order valence-corrected chi connectivity index (χ1v) is 3.96. The lowest BCUT2D eigenvalue weighted by Crippen LogP contribution is -1.72. The predicted molar refractivity (Wildman–Crippen MR) is 43.5 cm³/mol. The number of allylic oxidation sites excluding steroid dienone is 2. The molecule has 56 valence electrons. The molecule has 0 saturated carbocycles. The zero-order valence-corrected chi connectivity index (χ0v) is 6.64. The van der Waals surface area contributed by atoms with Gasteiger partial charge in [-0.05, 0) is 12.8 Å². The zero-order chi connectivity index (χ0) is 7.66. The second-order valence-electron chi connectivity index (χ2n) is 2.38. The third-order valence-electron chi connectivity index (χ3n) is 1.42. The van der Waals surface area contributed by atoms with Crippen LogP contribution in [-0.2, 0) is 0 Å². The fraction of sp³-hybridized carbons (Fsp3) is 0.667. The van der Waals surface area contributed by atoms with Gasteiger partial charge in [0.15, 0.2) is 0 Å². The average molecular weight is 137 g/mol. The Labute approximate surface area is 63.4 Å². The SMILES string of the molecule is CCCCCC/C=C\C#N. The van der Waals surface area contributed by atoms with Crippen LogP contribution < -0.4 is 0 Å². The van der Waals surface area contributed by atoms with Crippen molar-refractivity contribution in [2.24, 2.45) is 0 Å². The Kier molecular flexibility index (Phi) is 7.60. The highest BCUT2D eigenvalue weighted by atomic mass is 14.2. The Bertz CT molecular complexity index is 119. The molecular weight excluding hydrogens is 122 g/mol. The van der Waals surface area contributed by atoms with Crippen LogP contribution in [0.3, 0.4) is 0 Å². The van der Waals surface area contributed by atoms with Crippen molar-refractivity contribution in [1.29, 1.82) is 5.26 Å². The smallest absolute Gasteiger partial charge is 0.0908 e. The van der Waals surface area contributed by atoms with Crippen LogP contribution in [0.1, 0.15) is 39.0 Å². The third-order valence-corrected chi connectivity index (χ3v) is 1.42. The molecule has 0 spiro atoms. The summed E-state index contributed by atoms with van der Waals surface area (Å²) in [5.74, 6) is 0. The molecule has 0 rings (SSSR count). The van der Waals surface area contributed by atoms with E-state index in [4.69, 9.17) is 5.26 Å². The number of unbranched alkanes of at least 4 members (excludes halogenated alkanes) is 4. The van der Waals surface area contributed by atoms with Crippen LogP contribution in [0.25, 0.3) is 0 Å². The summed E-state index contributed by atoms with van der Waals surface area (Å²) in [6.45, 7) is 2.20. The highest BCUT2D eigenvalue weighted by Gasteiger charge is 1.82. The Hall–Kier alpha value is -0.770. The molecule has 1 heteroatoms. The number of nitriles is 1. The maximum atomic E-state index is 8.13. The summed E-state index contributed by atoms with van der Waals surface area (Å²) >= 11 is 0. The van der Waals surface area contributed by atoms with E-state index in [1.807, 2.05) is 12.1 Å². The monoisotopic (exact) mass is 137 g/mol. The summed E-state index contributed by atoms with van der Waals surface area (Å²) in [6, 6.07) is 1.98. The summed E-state index contributed by atoms with van der Waals surface area (Å²) < 4.78 is 0. The molecule has 0 N–H and O–H groups in total. The molecular formula is C9H15N. The topological polar surface area (TPSA) is 23.8 Å². The van der Waals surface area contributed by atoms with E-state index in [0.717, 1.165) is 6.42 Å². The molecule has 10 heavy (non-hydrogen) atoms. The molecule has 0 aliphatic heterocycles. The molecule has 0 aliphatic rings. The quantitative estimate of drug-likeness (QED) is 0.422. The molecule has 0 fully saturated rings. The molecule has 0 bridgehead atoms. The van der Waals surface area contributed by atoms with E-state index in [9.17, 15) is 0 Å². The van der Waals surface area contributed by atoms with E-state index in [-0.39, 0.29) is 0 Å². The van der Waals surface area contributed by atoms with E-state index < -0.39 is 0 Å². The van der Waals surface area contributed by atoms with Gasteiger partial charge in [0.25, 0.3) is 0 Å². The van der Waals surface area contributed by atoms with Crippen LogP contribution in [0.4, 0.5) is 0 Å². The molecule has 1 nitrogen and oxygen atoms in total. The van der Waals surface area contributed by atoms with Crippen molar-refractivity contribution >= 4 is 0 Å². The van der Waals surface area contributed by atoms with Crippen LogP contribution in [0.15, 0.2) is 12.2 Å². The third kappa shape index (κ3) is 7.23. The summed E-state index contributed by atoms with van der Waals surface area (Å²) in [7, 11) is 0. The molecule has 0 heterocycles. The molecule has 0 atom stereocenters. The van der Waals surface area contributed by atoms with Crippen LogP contribution in [-0.4, -0.2) is 0 Å². The molecule has 0 aromatic carbocycles. The van der Waals surface area contributed by atoms with Crippen molar-refractivity contribution in [1.82, 2.24) is 0 Å². The zero-order valence-electron chi connectivity index (χ0n) is 6.64. The first-order valence-electron chi connectivity index (χ1n) is 3.96. The molecule has 0 aromatic heterocycles. The summed E-state index contributed by atoms with van der Waals surface area (Å²) in [4.78, 5) is 0. The van der Waals surface area contributed by atoms with Gasteiger partial charge in [0, 0.05) is 6.08 Å². The second kappa shape index (κ2) is 8.23. The Morgan fingerprint density at radius 3 is 2.70 bits per heavy atom. The maximum absolute atomic E-state index is 8.13. The summed E-state index contributed by atoms with van der Waals surface area (Å²) in [5.41, 5.74) is 0. The molecule has 0 aliphatic carbocycles. The lowest BCUT2D eigenvalue weighted by Gasteiger charge is -1.92. The number of hydrogen-bond acceptors (Lipinski definition) is 1. The molecule has 0 aromatic rings. The van der Waals surface area contributed by atoms with Crippen LogP contribution in [0, 0.1) is 11.3 Å². The molecule has 0 radical (unpaired) electrons. The lowest BCUT2D eigenvalue weighted by molar-refractivity contribution is 0.674. The fourth-order valence-electron chi connectivity index (χ4n) is 0.825. The van der Waals surface area contributed by atoms with Crippen molar-refractivity contribution in [2.45, 2.75) is 39.0 Å². The highest BCUT2D eigenvalue weighted by molar-refractivity contribution is 5.01. The van der Waals surface area contributed by atoms with Crippen LogP contribution >= 0.6 is 0 Å². The Morgan fingerprint density at radius 2 is 2.10 bits per heavy atom. The van der Waals surface area contributed by atoms with Crippen molar-refractivity contribution in [3.05, 3.63) is 12.2 Å². The van der Waals surface area contributed by atoms with Gasteiger partial charge in [-0.25, -0.2) is 0 Å². The Balaban J connectivity index is 2.92. The number of rotatable bonds is 5. The van der Waals surface area contributed by atoms with Gasteiger partial charge in [0.2, 0.25) is 0 Å². The summed E-state index contributed by atoms with van der Waals surface area (Å²) in [6.07, 6.45) is 9.69. The minimum Gasteiger partial charge on any atom is -0.193 e. The first-order chi connectivity index (χ1) is 4.91. The van der Waals surface area contributed by atoms with Crippen molar-refractivity contribution < 1.29 is 0 Å². The van der Waals surface area contributed by atoms with Gasteiger partial charge < -0.3 is 0 Å². The number of hydrogen-bond donors (Lipinski definition) is 0. The van der Waals surface area contributed by atoms with E-state index in [2.05, 4.69) is 6.92 Å². The van der Waals surface area contributed by atoms with E-state index in [1.165, 1.54) is 25.7 Å². The second-order valence-corrected chi connectivity index (χ2v) is 2.38. The minimum absolute atomic E-state index is 1.06. The van der Waals surface area contributed by atoms with E-state index in [0.29, 0.717) is 0 Å². The largest absolute Gasteiger partial charge is 0.193 e. The standard InChI is InChI=1S/C9H15N/c1-2-3-4-5-6-7-8-9-10/h7-8H,2-6H2,1H3/b8-7-. The lowest BCUT2D eigenvalue weighted by atomic mass is 10.1. The maximum Gasteiger partial charge on any atom is 0.0908 e. The first kappa shape index (κ1) is 9.23. The minimum atomic E-state index is 1.06. The molecule has 0 amide bonds. The highest BCUT2D eigenvalue weighted by Crippen LogP contribution is 2.02. The Morgan fingerprint density at radius 1 is 1.30 bits per heavy atom. The number of nitrogens with zero attached hydrogens (tertiary/aromatic N) is 1. The van der Waals surface area contributed by atoms with Gasteiger partial charge in [0.05, 0.1) is 6.07 Å². The van der Waals surface area contributed by atoms with Gasteiger partial charge in [0.1, 0.15) is 0 Å². The van der Waals surface area contributed by atoms with Crippen molar-refractivity contribution in [3.8, 4) is 6.07 Å². The molecule has 0 saturated heterocycles. The van der Waals surface area contributed by atoms with Crippen LogP contribution in [0.2, 0.25) is 0 Å². The predicted octanol–water partition coefficient (Wildman–Crippen LogP) is 3.04. The van der Waals surface area contributed by atoms with Crippen molar-refractivity contribution in [2.75, 3.05) is 0 Å². The van der Waals surface area contributed by atoms with Crippen molar-refractivity contribution in [3.63, 3.8) is 0 Å². The van der Waals surface area contributed by atoms with Gasteiger partial charge in [-0.3, -0.25) is 0 Å². The van der Waals surface area contributed by atoms with Gasteiger partial charge >= 0.3 is 0 Å². The summed E-state index contributed by atoms with van der Waals surface area (Å²) in [5, 5.41) is 8.13. The van der Waals surface area contributed by atoms with Gasteiger partial charge in [-0.2, -0.15) is 5.26 Å². The van der Waals surface area contributed by atoms with E-state index >= 15 is 0 Å². The normalized spacial score (nSPS) is 10.0. The molecule has 0 unspecified atom stereocenters.